The Morgan fingerprint density at radius 3 is 2.09 bits per heavy atom. The van der Waals surface area contributed by atoms with Gasteiger partial charge in [0.2, 0.25) is 15.9 Å². The molecule has 0 bridgehead atoms. The van der Waals surface area contributed by atoms with Crippen LogP contribution in [0.3, 0.4) is 0 Å². The molecule has 1 amide bonds. The number of esters is 1. The van der Waals surface area contributed by atoms with Gasteiger partial charge in [0, 0.05) is 30.8 Å². The van der Waals surface area contributed by atoms with Crippen molar-refractivity contribution >= 4 is 33.4 Å². The van der Waals surface area contributed by atoms with Gasteiger partial charge in [-0.05, 0) is 67.3 Å². The minimum absolute atomic E-state index is 0.0998. The first-order chi connectivity index (χ1) is 15.7. The number of hydrogen-bond acceptors (Lipinski definition) is 6. The van der Waals surface area contributed by atoms with Crippen LogP contribution in [0.2, 0.25) is 0 Å². The molecule has 2 aromatic rings. The van der Waals surface area contributed by atoms with Crippen molar-refractivity contribution in [3.63, 3.8) is 0 Å². The van der Waals surface area contributed by atoms with Crippen LogP contribution in [-0.2, 0) is 19.6 Å². The molecule has 0 aromatic heterocycles. The molecule has 8 nitrogen and oxygen atoms in total. The normalized spacial score (nSPS) is 14.3. The SMILES string of the molecule is CC(C)CC(=O)Nc1ccc(C(=O)COC(=O)c2ccc(S(=O)(=O)N3CCCC3)cc2)cc1. The first kappa shape index (κ1) is 24.6. The molecule has 1 N–H and O–H groups in total. The lowest BCUT2D eigenvalue weighted by atomic mass is 10.1. The summed E-state index contributed by atoms with van der Waals surface area (Å²) in [5.74, 6) is -0.967. The monoisotopic (exact) mass is 472 g/mol. The Bertz CT molecular complexity index is 1100. The summed E-state index contributed by atoms with van der Waals surface area (Å²) in [6, 6.07) is 11.9. The Kier molecular flexibility index (Phi) is 7.99. The number of rotatable bonds is 9. The molecule has 1 aliphatic rings. The second-order valence-corrected chi connectivity index (χ2v) is 10.3. The molecule has 9 heteroatoms. The zero-order chi connectivity index (χ0) is 24.0. The Labute approximate surface area is 194 Å². The van der Waals surface area contributed by atoms with Crippen molar-refractivity contribution in [3.8, 4) is 0 Å². The lowest BCUT2D eigenvalue weighted by molar-refractivity contribution is -0.116. The van der Waals surface area contributed by atoms with Gasteiger partial charge in [-0.2, -0.15) is 4.31 Å². The molecular formula is C24H28N2O6S. The minimum atomic E-state index is -3.56. The van der Waals surface area contributed by atoms with Gasteiger partial charge in [0.1, 0.15) is 0 Å². The third-order valence-corrected chi connectivity index (χ3v) is 7.12. The Hall–Kier alpha value is -3.04. The number of nitrogens with one attached hydrogen (secondary N) is 1. The standard InChI is InChI=1S/C24H28N2O6S/c1-17(2)15-23(28)25-20-9-5-18(6-10-20)22(27)16-32-24(29)19-7-11-21(12-8-19)33(30,31)26-13-3-4-14-26/h5-12,17H,3-4,13-16H2,1-2H3,(H,25,28). The molecule has 0 spiro atoms. The largest absolute Gasteiger partial charge is 0.454 e. The fourth-order valence-electron chi connectivity index (χ4n) is 3.46. The lowest BCUT2D eigenvalue weighted by Crippen LogP contribution is -2.27. The maximum absolute atomic E-state index is 12.6. The molecule has 1 fully saturated rings. The summed E-state index contributed by atoms with van der Waals surface area (Å²) in [6.07, 6.45) is 2.09. The van der Waals surface area contributed by atoms with Crippen LogP contribution >= 0.6 is 0 Å². The number of ether oxygens (including phenoxy) is 1. The van der Waals surface area contributed by atoms with Crippen LogP contribution in [-0.4, -0.2) is 50.1 Å². The highest BCUT2D eigenvalue weighted by Crippen LogP contribution is 2.21. The van der Waals surface area contributed by atoms with Crippen molar-refractivity contribution in [3.05, 3.63) is 59.7 Å². The van der Waals surface area contributed by atoms with Crippen LogP contribution in [0.15, 0.2) is 53.4 Å². The first-order valence-corrected chi connectivity index (χ1v) is 12.3. The molecule has 33 heavy (non-hydrogen) atoms. The highest BCUT2D eigenvalue weighted by Gasteiger charge is 2.27. The number of benzene rings is 2. The van der Waals surface area contributed by atoms with Gasteiger partial charge in [0.15, 0.2) is 12.4 Å². The molecule has 0 atom stereocenters. The van der Waals surface area contributed by atoms with Gasteiger partial charge in [-0.15, -0.1) is 0 Å². The van der Waals surface area contributed by atoms with Gasteiger partial charge < -0.3 is 10.1 Å². The summed E-state index contributed by atoms with van der Waals surface area (Å²) >= 11 is 0. The van der Waals surface area contributed by atoms with Gasteiger partial charge >= 0.3 is 5.97 Å². The van der Waals surface area contributed by atoms with Gasteiger partial charge in [0.25, 0.3) is 0 Å². The van der Waals surface area contributed by atoms with E-state index in [1.807, 2.05) is 13.8 Å². The smallest absolute Gasteiger partial charge is 0.338 e. The first-order valence-electron chi connectivity index (χ1n) is 10.9. The molecule has 0 aliphatic carbocycles. The summed E-state index contributed by atoms with van der Waals surface area (Å²) in [6.45, 7) is 4.45. The molecule has 0 saturated carbocycles. The molecule has 2 aromatic carbocycles. The van der Waals surface area contributed by atoms with Crippen LogP contribution in [0.1, 0.15) is 53.8 Å². The van der Waals surface area contributed by atoms with E-state index >= 15 is 0 Å². The lowest BCUT2D eigenvalue weighted by Gasteiger charge is -2.15. The van der Waals surface area contributed by atoms with Crippen molar-refractivity contribution in [1.29, 1.82) is 0 Å². The van der Waals surface area contributed by atoms with E-state index < -0.39 is 28.4 Å². The summed E-state index contributed by atoms with van der Waals surface area (Å²) in [5.41, 5.74) is 1.08. The molecule has 1 heterocycles. The number of carbonyl (C=O) groups is 3. The predicted octanol–water partition coefficient (Wildman–Crippen LogP) is 3.50. The van der Waals surface area contributed by atoms with Crippen molar-refractivity contribution in [2.75, 3.05) is 25.0 Å². The quantitative estimate of drug-likeness (QED) is 0.442. The Morgan fingerprint density at radius 1 is 0.939 bits per heavy atom. The molecule has 0 unspecified atom stereocenters. The van der Waals surface area contributed by atoms with Crippen LogP contribution in [0.25, 0.3) is 0 Å². The topological polar surface area (TPSA) is 110 Å². The van der Waals surface area contributed by atoms with Crippen molar-refractivity contribution < 1.29 is 27.5 Å². The number of carbonyl (C=O) groups excluding carboxylic acids is 3. The van der Waals surface area contributed by atoms with Gasteiger partial charge in [-0.1, -0.05) is 13.8 Å². The maximum atomic E-state index is 12.6. The van der Waals surface area contributed by atoms with Crippen molar-refractivity contribution in [2.24, 2.45) is 5.92 Å². The van der Waals surface area contributed by atoms with Crippen LogP contribution in [0.4, 0.5) is 5.69 Å². The van der Waals surface area contributed by atoms with Gasteiger partial charge in [-0.3, -0.25) is 9.59 Å². The number of Topliss-reactive ketones (excluding diaryl/α,β-unsaturated/α-hetero) is 1. The van der Waals surface area contributed by atoms with E-state index in [1.165, 1.54) is 28.6 Å². The zero-order valence-electron chi connectivity index (χ0n) is 18.7. The van der Waals surface area contributed by atoms with E-state index in [0.717, 1.165) is 12.8 Å². The highest BCUT2D eigenvalue weighted by atomic mass is 32.2. The van der Waals surface area contributed by atoms with E-state index in [4.69, 9.17) is 4.74 Å². The Balaban J connectivity index is 1.54. The third kappa shape index (κ3) is 6.49. The summed E-state index contributed by atoms with van der Waals surface area (Å²) < 4.78 is 31.6. The molecular weight excluding hydrogens is 444 g/mol. The fourth-order valence-corrected chi connectivity index (χ4v) is 4.98. The number of ketones is 1. The Morgan fingerprint density at radius 2 is 1.52 bits per heavy atom. The zero-order valence-corrected chi connectivity index (χ0v) is 19.6. The molecule has 1 saturated heterocycles. The van der Waals surface area contributed by atoms with Crippen molar-refractivity contribution in [1.82, 2.24) is 4.31 Å². The van der Waals surface area contributed by atoms with Gasteiger partial charge in [0.05, 0.1) is 10.5 Å². The molecule has 1 aliphatic heterocycles. The number of sulfonamides is 1. The van der Waals surface area contributed by atoms with Crippen molar-refractivity contribution in [2.45, 2.75) is 38.0 Å². The summed E-state index contributed by atoms with van der Waals surface area (Å²) in [5, 5.41) is 2.76. The van der Waals surface area contributed by atoms with E-state index in [-0.39, 0.29) is 22.3 Å². The fraction of sp³-hybridized carbons (Fsp3) is 0.375. The van der Waals surface area contributed by atoms with E-state index in [0.29, 0.717) is 30.8 Å². The summed E-state index contributed by atoms with van der Waals surface area (Å²) in [4.78, 5) is 36.6. The highest BCUT2D eigenvalue weighted by molar-refractivity contribution is 7.89. The second kappa shape index (κ2) is 10.7. The maximum Gasteiger partial charge on any atom is 0.338 e. The van der Waals surface area contributed by atoms with Crippen LogP contribution < -0.4 is 5.32 Å². The van der Waals surface area contributed by atoms with E-state index in [2.05, 4.69) is 5.32 Å². The average Bonchev–Trinajstić information content (AvgIpc) is 3.33. The van der Waals surface area contributed by atoms with Crippen LogP contribution in [0, 0.1) is 5.92 Å². The van der Waals surface area contributed by atoms with Crippen LogP contribution in [0.5, 0.6) is 0 Å². The molecule has 0 radical (unpaired) electrons. The minimum Gasteiger partial charge on any atom is -0.454 e. The van der Waals surface area contributed by atoms with E-state index in [1.54, 1.807) is 24.3 Å². The van der Waals surface area contributed by atoms with E-state index in [9.17, 15) is 22.8 Å². The second-order valence-electron chi connectivity index (χ2n) is 8.36. The van der Waals surface area contributed by atoms with Gasteiger partial charge in [-0.25, -0.2) is 13.2 Å². The molecule has 176 valence electrons. The number of amides is 1. The summed E-state index contributed by atoms with van der Waals surface area (Å²) in [7, 11) is -3.56. The third-order valence-electron chi connectivity index (χ3n) is 5.21. The molecule has 3 rings (SSSR count). The number of anilines is 1. The predicted molar refractivity (Wildman–Crippen MR) is 124 cm³/mol. The average molecular weight is 473 g/mol. The number of hydrogen-bond donors (Lipinski definition) is 1. The number of nitrogens with zero attached hydrogens (tertiary/aromatic N) is 1.